The molecule has 1 aromatic carbocycles. The van der Waals surface area contributed by atoms with E-state index in [1.165, 1.54) is 5.56 Å². The predicted octanol–water partition coefficient (Wildman–Crippen LogP) is 3.08. The van der Waals surface area contributed by atoms with Crippen LogP contribution >= 0.6 is 15.9 Å². The van der Waals surface area contributed by atoms with Gasteiger partial charge in [-0.25, -0.2) is 0 Å². The first-order chi connectivity index (χ1) is 9.56. The molecule has 108 valence electrons. The number of carbonyl (C=O) groups excluding carboxylic acids is 1. The molecule has 0 N–H and O–H groups in total. The summed E-state index contributed by atoms with van der Waals surface area (Å²) in [6.45, 7) is 9.58. The van der Waals surface area contributed by atoms with Gasteiger partial charge in [-0.1, -0.05) is 40.2 Å². The summed E-state index contributed by atoms with van der Waals surface area (Å²) >= 11 is 3.41. The Morgan fingerprint density at radius 1 is 1.20 bits per heavy atom. The standard InChI is InChI=1S/C16H21BrN2O/c1-4-10-19(11-5-2)16(20)13-18(3)12-14-6-8-15(17)9-7-14/h4-9H,1-2,10-13H2,3H3. The third kappa shape index (κ3) is 5.72. The number of rotatable bonds is 8. The lowest BCUT2D eigenvalue weighted by Gasteiger charge is -2.23. The SMILES string of the molecule is C=CCN(CC=C)C(=O)CN(C)Cc1ccc(Br)cc1. The first-order valence-corrected chi connectivity index (χ1v) is 7.28. The second-order valence-electron chi connectivity index (χ2n) is 4.67. The van der Waals surface area contributed by atoms with Crippen LogP contribution in [0.25, 0.3) is 0 Å². The van der Waals surface area contributed by atoms with Crippen LogP contribution in [0.1, 0.15) is 5.56 Å². The van der Waals surface area contributed by atoms with Gasteiger partial charge in [-0.3, -0.25) is 9.69 Å². The van der Waals surface area contributed by atoms with Gasteiger partial charge >= 0.3 is 0 Å². The van der Waals surface area contributed by atoms with Crippen molar-refractivity contribution >= 4 is 21.8 Å². The Kier molecular flexibility index (Phi) is 7.26. The Morgan fingerprint density at radius 2 is 1.75 bits per heavy atom. The zero-order valence-electron chi connectivity index (χ0n) is 11.9. The molecule has 0 atom stereocenters. The Labute approximate surface area is 129 Å². The molecule has 20 heavy (non-hydrogen) atoms. The Hall–Kier alpha value is -1.39. The normalized spacial score (nSPS) is 10.3. The van der Waals surface area contributed by atoms with Crippen molar-refractivity contribution < 1.29 is 4.79 Å². The van der Waals surface area contributed by atoms with Crippen LogP contribution in [0, 0.1) is 0 Å². The van der Waals surface area contributed by atoms with Crippen molar-refractivity contribution in [2.75, 3.05) is 26.7 Å². The second-order valence-corrected chi connectivity index (χ2v) is 5.59. The van der Waals surface area contributed by atoms with Gasteiger partial charge in [0.1, 0.15) is 0 Å². The molecule has 0 aliphatic carbocycles. The summed E-state index contributed by atoms with van der Waals surface area (Å²) in [6.07, 6.45) is 3.46. The molecular formula is C16H21BrN2O. The van der Waals surface area contributed by atoms with Crippen molar-refractivity contribution in [1.82, 2.24) is 9.80 Å². The molecule has 3 nitrogen and oxygen atoms in total. The van der Waals surface area contributed by atoms with E-state index in [0.717, 1.165) is 11.0 Å². The van der Waals surface area contributed by atoms with Crippen LogP contribution < -0.4 is 0 Å². The van der Waals surface area contributed by atoms with Crippen LogP contribution in [0.3, 0.4) is 0 Å². The maximum atomic E-state index is 12.2. The van der Waals surface area contributed by atoms with E-state index >= 15 is 0 Å². The molecule has 4 heteroatoms. The largest absolute Gasteiger partial charge is 0.334 e. The Bertz CT molecular complexity index is 446. The Balaban J connectivity index is 2.53. The minimum absolute atomic E-state index is 0.0874. The topological polar surface area (TPSA) is 23.6 Å². The van der Waals surface area contributed by atoms with Crippen molar-refractivity contribution in [2.24, 2.45) is 0 Å². The van der Waals surface area contributed by atoms with E-state index in [2.05, 4.69) is 41.2 Å². The van der Waals surface area contributed by atoms with Gasteiger partial charge in [-0.2, -0.15) is 0 Å². The average molecular weight is 337 g/mol. The Morgan fingerprint density at radius 3 is 2.25 bits per heavy atom. The van der Waals surface area contributed by atoms with Gasteiger partial charge in [0.25, 0.3) is 0 Å². The molecule has 0 heterocycles. The van der Waals surface area contributed by atoms with Crippen LogP contribution in [0.4, 0.5) is 0 Å². The van der Waals surface area contributed by atoms with E-state index in [4.69, 9.17) is 0 Å². The van der Waals surface area contributed by atoms with Crippen LogP contribution in [0.15, 0.2) is 54.0 Å². The molecule has 0 saturated heterocycles. The molecule has 0 fully saturated rings. The fourth-order valence-electron chi connectivity index (χ4n) is 1.88. The molecule has 0 aliphatic heterocycles. The zero-order valence-corrected chi connectivity index (χ0v) is 13.5. The van der Waals surface area contributed by atoms with E-state index in [1.807, 2.05) is 24.1 Å². The van der Waals surface area contributed by atoms with Crippen molar-refractivity contribution in [1.29, 1.82) is 0 Å². The lowest BCUT2D eigenvalue weighted by molar-refractivity contribution is -0.131. The van der Waals surface area contributed by atoms with Crippen molar-refractivity contribution in [3.05, 3.63) is 59.6 Å². The molecule has 0 spiro atoms. The number of amides is 1. The average Bonchev–Trinajstić information content (AvgIpc) is 2.41. The lowest BCUT2D eigenvalue weighted by atomic mass is 10.2. The van der Waals surface area contributed by atoms with Crippen LogP contribution in [0.5, 0.6) is 0 Å². The fourth-order valence-corrected chi connectivity index (χ4v) is 2.14. The summed E-state index contributed by atoms with van der Waals surface area (Å²) < 4.78 is 1.06. The van der Waals surface area contributed by atoms with Gasteiger partial charge in [-0.15, -0.1) is 13.2 Å². The van der Waals surface area contributed by atoms with Crippen LogP contribution in [-0.2, 0) is 11.3 Å². The molecule has 0 bridgehead atoms. The number of likely N-dealkylation sites (N-methyl/N-ethyl adjacent to an activating group) is 1. The highest BCUT2D eigenvalue weighted by molar-refractivity contribution is 9.10. The monoisotopic (exact) mass is 336 g/mol. The van der Waals surface area contributed by atoms with E-state index in [-0.39, 0.29) is 5.91 Å². The molecule has 0 aliphatic rings. The van der Waals surface area contributed by atoms with Crippen LogP contribution in [0.2, 0.25) is 0 Å². The van der Waals surface area contributed by atoms with Gasteiger partial charge < -0.3 is 4.90 Å². The summed E-state index contributed by atoms with van der Waals surface area (Å²) in [5.74, 6) is 0.0874. The summed E-state index contributed by atoms with van der Waals surface area (Å²) in [5, 5.41) is 0. The van der Waals surface area contributed by atoms with Gasteiger partial charge in [-0.05, 0) is 24.7 Å². The molecule has 1 rings (SSSR count). The number of nitrogens with zero attached hydrogens (tertiary/aromatic N) is 2. The first-order valence-electron chi connectivity index (χ1n) is 6.49. The number of carbonyl (C=O) groups is 1. The minimum atomic E-state index is 0.0874. The summed E-state index contributed by atoms with van der Waals surface area (Å²) in [5.41, 5.74) is 1.18. The fraction of sp³-hybridized carbons (Fsp3) is 0.312. The smallest absolute Gasteiger partial charge is 0.237 e. The van der Waals surface area contributed by atoms with E-state index < -0.39 is 0 Å². The summed E-state index contributed by atoms with van der Waals surface area (Å²) in [4.78, 5) is 15.9. The van der Waals surface area contributed by atoms with Crippen molar-refractivity contribution in [2.45, 2.75) is 6.54 Å². The molecule has 0 radical (unpaired) electrons. The van der Waals surface area contributed by atoms with Crippen molar-refractivity contribution in [3.63, 3.8) is 0 Å². The molecule has 0 aromatic heterocycles. The third-order valence-electron chi connectivity index (χ3n) is 2.82. The number of hydrogen-bond acceptors (Lipinski definition) is 2. The van der Waals surface area contributed by atoms with Gasteiger partial charge in [0.2, 0.25) is 5.91 Å². The third-order valence-corrected chi connectivity index (χ3v) is 3.35. The maximum Gasteiger partial charge on any atom is 0.237 e. The second kappa shape index (κ2) is 8.72. The molecule has 1 aromatic rings. The van der Waals surface area contributed by atoms with Gasteiger partial charge in [0, 0.05) is 24.1 Å². The number of hydrogen-bond donors (Lipinski definition) is 0. The summed E-state index contributed by atoms with van der Waals surface area (Å²) in [7, 11) is 1.94. The number of halogens is 1. The first kappa shape index (κ1) is 16.7. The lowest BCUT2D eigenvalue weighted by Crippen LogP contribution is -2.39. The maximum absolute atomic E-state index is 12.2. The van der Waals surface area contributed by atoms with Crippen LogP contribution in [-0.4, -0.2) is 42.4 Å². The van der Waals surface area contributed by atoms with Gasteiger partial charge in [0.05, 0.1) is 6.54 Å². The minimum Gasteiger partial charge on any atom is -0.334 e. The predicted molar refractivity (Wildman–Crippen MR) is 87.5 cm³/mol. The quantitative estimate of drug-likeness (QED) is 0.681. The highest BCUT2D eigenvalue weighted by atomic mass is 79.9. The number of benzene rings is 1. The highest BCUT2D eigenvalue weighted by Gasteiger charge is 2.13. The summed E-state index contributed by atoms with van der Waals surface area (Å²) in [6, 6.07) is 8.12. The molecule has 1 amide bonds. The van der Waals surface area contributed by atoms with E-state index in [0.29, 0.717) is 19.6 Å². The molecular weight excluding hydrogens is 316 g/mol. The van der Waals surface area contributed by atoms with E-state index in [9.17, 15) is 4.79 Å². The van der Waals surface area contributed by atoms with Gasteiger partial charge in [0.15, 0.2) is 0 Å². The van der Waals surface area contributed by atoms with Crippen molar-refractivity contribution in [3.8, 4) is 0 Å². The zero-order chi connectivity index (χ0) is 15.0. The molecule has 0 saturated carbocycles. The van der Waals surface area contributed by atoms with E-state index in [1.54, 1.807) is 17.1 Å². The molecule has 0 unspecified atom stereocenters. The highest BCUT2D eigenvalue weighted by Crippen LogP contribution is 2.11.